The molecule has 0 N–H and O–H groups in total. The number of likely N-dealkylation sites (tertiary alicyclic amines) is 1. The maximum Gasteiger partial charge on any atom is 0.339 e. The SMILES string of the molecule is O=C(N(S)S)N1CCCC1. The summed E-state index contributed by atoms with van der Waals surface area (Å²) in [4.78, 5) is 12.8. The fourth-order valence-corrected chi connectivity index (χ4v) is 1.29. The summed E-state index contributed by atoms with van der Waals surface area (Å²) < 4.78 is 1.02. The molecule has 0 spiro atoms. The Labute approximate surface area is 71.5 Å². The van der Waals surface area contributed by atoms with Crippen molar-refractivity contribution in [1.29, 1.82) is 0 Å². The molecule has 1 rings (SSSR count). The summed E-state index contributed by atoms with van der Waals surface area (Å²) in [5.74, 6) is 0. The van der Waals surface area contributed by atoms with Crippen LogP contribution < -0.4 is 0 Å². The number of nitrogens with zero attached hydrogens (tertiary/aromatic N) is 2. The smallest absolute Gasteiger partial charge is 0.323 e. The molecule has 1 saturated heterocycles. The second-order valence-corrected chi connectivity index (χ2v) is 3.38. The van der Waals surface area contributed by atoms with Crippen LogP contribution in [0.5, 0.6) is 0 Å². The van der Waals surface area contributed by atoms with Crippen LogP contribution in [0.25, 0.3) is 0 Å². The number of carbonyl (C=O) groups excluding carboxylic acids is 1. The topological polar surface area (TPSA) is 23.6 Å². The van der Waals surface area contributed by atoms with E-state index in [0.29, 0.717) is 0 Å². The summed E-state index contributed by atoms with van der Waals surface area (Å²) in [6, 6.07) is -0.121. The molecule has 0 aromatic heterocycles. The second-order valence-electron chi connectivity index (χ2n) is 2.27. The monoisotopic (exact) mass is 178 g/mol. The van der Waals surface area contributed by atoms with Gasteiger partial charge in [0.25, 0.3) is 0 Å². The van der Waals surface area contributed by atoms with Crippen LogP contribution in [0, 0.1) is 0 Å². The second kappa shape index (κ2) is 3.39. The molecule has 1 aliphatic rings. The van der Waals surface area contributed by atoms with Gasteiger partial charge in [-0.1, -0.05) is 25.6 Å². The lowest BCUT2D eigenvalue weighted by Gasteiger charge is -2.17. The van der Waals surface area contributed by atoms with Crippen molar-refractivity contribution in [3.05, 3.63) is 0 Å². The fourth-order valence-electron chi connectivity index (χ4n) is 1.03. The van der Waals surface area contributed by atoms with Gasteiger partial charge >= 0.3 is 6.03 Å². The Balaban J connectivity index is 2.40. The van der Waals surface area contributed by atoms with Gasteiger partial charge in [-0.25, -0.2) is 8.51 Å². The molecule has 5 heteroatoms. The molecule has 3 nitrogen and oxygen atoms in total. The number of carbonyl (C=O) groups is 1. The molecule has 1 heterocycles. The molecular formula is C5H10N2OS2. The number of hydrogen-bond acceptors (Lipinski definition) is 3. The minimum atomic E-state index is -0.121. The maximum absolute atomic E-state index is 11.0. The van der Waals surface area contributed by atoms with Crippen LogP contribution in [0.2, 0.25) is 0 Å². The summed E-state index contributed by atoms with van der Waals surface area (Å²) in [7, 11) is 0. The lowest BCUT2D eigenvalue weighted by atomic mass is 10.4. The molecule has 0 bridgehead atoms. The first-order valence-electron chi connectivity index (χ1n) is 3.18. The van der Waals surface area contributed by atoms with Crippen LogP contribution in [0.15, 0.2) is 0 Å². The van der Waals surface area contributed by atoms with E-state index in [9.17, 15) is 4.79 Å². The van der Waals surface area contributed by atoms with Crippen molar-refractivity contribution in [1.82, 2.24) is 8.61 Å². The Hall–Kier alpha value is -0.0300. The molecule has 10 heavy (non-hydrogen) atoms. The van der Waals surface area contributed by atoms with Crippen molar-refractivity contribution in [3.63, 3.8) is 0 Å². The van der Waals surface area contributed by atoms with Gasteiger partial charge in [-0.2, -0.15) is 0 Å². The Morgan fingerprint density at radius 2 is 1.80 bits per heavy atom. The van der Waals surface area contributed by atoms with E-state index in [-0.39, 0.29) is 6.03 Å². The summed E-state index contributed by atoms with van der Waals surface area (Å²) in [6.45, 7) is 1.69. The lowest BCUT2D eigenvalue weighted by Crippen LogP contribution is -2.32. The highest BCUT2D eigenvalue weighted by molar-refractivity contribution is 7.94. The minimum Gasteiger partial charge on any atom is -0.323 e. The highest BCUT2D eigenvalue weighted by atomic mass is 32.2. The van der Waals surface area contributed by atoms with Gasteiger partial charge in [-0.3, -0.25) is 0 Å². The van der Waals surface area contributed by atoms with Gasteiger partial charge in [0.15, 0.2) is 0 Å². The van der Waals surface area contributed by atoms with Gasteiger partial charge in [0, 0.05) is 13.1 Å². The zero-order valence-electron chi connectivity index (χ0n) is 5.53. The van der Waals surface area contributed by atoms with Crippen LogP contribution in [-0.4, -0.2) is 27.7 Å². The van der Waals surface area contributed by atoms with Crippen molar-refractivity contribution < 1.29 is 4.79 Å². The molecule has 0 unspecified atom stereocenters. The number of thiol groups is 2. The molecule has 2 amide bonds. The van der Waals surface area contributed by atoms with Crippen LogP contribution in [-0.2, 0) is 0 Å². The van der Waals surface area contributed by atoms with Crippen LogP contribution in [0.4, 0.5) is 4.79 Å². The third-order valence-electron chi connectivity index (χ3n) is 1.55. The van der Waals surface area contributed by atoms with E-state index in [0.717, 1.165) is 29.6 Å². The number of rotatable bonds is 0. The summed E-state index contributed by atoms with van der Waals surface area (Å²) in [5.41, 5.74) is 0. The minimum absolute atomic E-state index is 0.121. The van der Waals surface area contributed by atoms with Crippen molar-refractivity contribution in [2.45, 2.75) is 12.8 Å². The number of urea groups is 1. The molecule has 58 valence electrons. The van der Waals surface area contributed by atoms with Crippen LogP contribution in [0.3, 0.4) is 0 Å². The van der Waals surface area contributed by atoms with E-state index in [1.165, 1.54) is 0 Å². The largest absolute Gasteiger partial charge is 0.339 e. The third-order valence-corrected chi connectivity index (χ3v) is 1.89. The first-order valence-corrected chi connectivity index (χ1v) is 3.98. The first kappa shape index (κ1) is 8.07. The molecule has 0 atom stereocenters. The molecule has 0 aromatic carbocycles. The van der Waals surface area contributed by atoms with E-state index >= 15 is 0 Å². The average molecular weight is 178 g/mol. The molecule has 0 saturated carbocycles. The Bertz CT molecular complexity index is 134. The highest BCUT2D eigenvalue weighted by Gasteiger charge is 2.19. The predicted octanol–water partition coefficient (Wildman–Crippen LogP) is 1.19. The van der Waals surface area contributed by atoms with Crippen molar-refractivity contribution >= 4 is 31.7 Å². The molecule has 0 aliphatic carbocycles. The van der Waals surface area contributed by atoms with Crippen molar-refractivity contribution in [3.8, 4) is 0 Å². The van der Waals surface area contributed by atoms with Gasteiger partial charge in [0.2, 0.25) is 0 Å². The predicted molar refractivity (Wildman–Crippen MR) is 46.0 cm³/mol. The summed E-state index contributed by atoms with van der Waals surface area (Å²) in [6.07, 6.45) is 2.20. The third kappa shape index (κ3) is 1.73. The van der Waals surface area contributed by atoms with Gasteiger partial charge in [-0.15, -0.1) is 0 Å². The summed E-state index contributed by atoms with van der Waals surface area (Å²) in [5, 5.41) is 0. The van der Waals surface area contributed by atoms with E-state index in [1.807, 2.05) is 0 Å². The maximum atomic E-state index is 11.0. The van der Waals surface area contributed by atoms with Gasteiger partial charge < -0.3 is 4.90 Å². The Kier molecular flexibility index (Phi) is 2.73. The Morgan fingerprint density at radius 3 is 2.20 bits per heavy atom. The summed E-state index contributed by atoms with van der Waals surface area (Å²) >= 11 is 7.55. The number of amides is 2. The van der Waals surface area contributed by atoms with E-state index in [2.05, 4.69) is 25.6 Å². The molecular weight excluding hydrogens is 168 g/mol. The standard InChI is InChI=1S/C5H10N2OS2/c8-5(7(9)10)6-3-1-2-4-6/h9-10H,1-4H2. The van der Waals surface area contributed by atoms with E-state index in [1.54, 1.807) is 4.90 Å². The van der Waals surface area contributed by atoms with Crippen molar-refractivity contribution in [2.24, 2.45) is 0 Å². The fraction of sp³-hybridized carbons (Fsp3) is 0.800. The molecule has 1 fully saturated rings. The number of hydrogen-bond donors (Lipinski definition) is 2. The Morgan fingerprint density at radius 1 is 1.30 bits per heavy atom. The van der Waals surface area contributed by atoms with Crippen LogP contribution in [0.1, 0.15) is 12.8 Å². The molecule has 1 aliphatic heterocycles. The van der Waals surface area contributed by atoms with Gasteiger partial charge in [0.05, 0.1) is 0 Å². The molecule has 0 radical (unpaired) electrons. The van der Waals surface area contributed by atoms with Crippen molar-refractivity contribution in [2.75, 3.05) is 13.1 Å². The van der Waals surface area contributed by atoms with Crippen LogP contribution >= 0.6 is 25.6 Å². The van der Waals surface area contributed by atoms with E-state index in [4.69, 9.17) is 0 Å². The molecule has 0 aromatic rings. The normalized spacial score (nSPS) is 17.6. The highest BCUT2D eigenvalue weighted by Crippen LogP contribution is 2.12. The average Bonchev–Trinajstić information content (AvgIpc) is 2.36. The van der Waals surface area contributed by atoms with Gasteiger partial charge in [0.1, 0.15) is 0 Å². The lowest BCUT2D eigenvalue weighted by molar-refractivity contribution is 0.206. The first-order chi connectivity index (χ1) is 4.72. The van der Waals surface area contributed by atoms with E-state index < -0.39 is 0 Å². The zero-order chi connectivity index (χ0) is 7.56. The quantitative estimate of drug-likeness (QED) is 0.535. The van der Waals surface area contributed by atoms with Gasteiger partial charge in [-0.05, 0) is 12.8 Å². The zero-order valence-corrected chi connectivity index (χ0v) is 7.31.